The fourth-order valence-corrected chi connectivity index (χ4v) is 5.29. The second kappa shape index (κ2) is 10.5. The van der Waals surface area contributed by atoms with Crippen LogP contribution in [0.1, 0.15) is 63.0 Å². The van der Waals surface area contributed by atoms with Crippen LogP contribution in [0.5, 0.6) is 0 Å². The Hall–Kier alpha value is -3.35. The van der Waals surface area contributed by atoms with Gasteiger partial charge in [-0.05, 0) is 59.8 Å². The van der Waals surface area contributed by atoms with Gasteiger partial charge in [0, 0.05) is 18.9 Å². The average Bonchev–Trinajstić information content (AvgIpc) is 3.11. The Morgan fingerprint density at radius 1 is 1.03 bits per heavy atom. The topological polar surface area (TPSA) is 105 Å². The number of rotatable bonds is 10. The van der Waals surface area contributed by atoms with Crippen molar-refractivity contribution in [1.82, 2.24) is 10.6 Å². The van der Waals surface area contributed by atoms with Gasteiger partial charge in [-0.15, -0.1) is 0 Å². The van der Waals surface area contributed by atoms with E-state index in [0.717, 1.165) is 24.0 Å². The van der Waals surface area contributed by atoms with Crippen LogP contribution < -0.4 is 10.6 Å². The van der Waals surface area contributed by atoms with E-state index >= 15 is 0 Å². The van der Waals surface area contributed by atoms with Crippen LogP contribution in [0.15, 0.2) is 48.5 Å². The number of benzene rings is 2. The smallest absolute Gasteiger partial charge is 0.407 e. The molecule has 1 unspecified atom stereocenters. The molecular formula is C28H34N2O5. The molecule has 2 aromatic rings. The summed E-state index contributed by atoms with van der Waals surface area (Å²) in [5.74, 6) is -1.06. The fraction of sp³-hybridized carbons (Fsp3) is 0.464. The van der Waals surface area contributed by atoms with E-state index in [4.69, 9.17) is 4.74 Å². The lowest BCUT2D eigenvalue weighted by Gasteiger charge is -2.38. The SMILES string of the molecule is CC(C)CC(CNC(=O)OCC1c2ccccc2-c2ccccc21)CC(=O)NC1(C(=O)O)CCC1. The first kappa shape index (κ1) is 24.8. The molecule has 186 valence electrons. The number of alkyl carbamates (subject to hydrolysis) is 1. The van der Waals surface area contributed by atoms with E-state index in [1.807, 2.05) is 24.3 Å². The summed E-state index contributed by atoms with van der Waals surface area (Å²) in [6, 6.07) is 16.4. The van der Waals surface area contributed by atoms with E-state index in [1.54, 1.807) is 0 Å². The zero-order valence-corrected chi connectivity index (χ0v) is 20.4. The van der Waals surface area contributed by atoms with E-state index in [-0.39, 0.29) is 30.8 Å². The van der Waals surface area contributed by atoms with Gasteiger partial charge in [0.15, 0.2) is 0 Å². The molecule has 4 rings (SSSR count). The van der Waals surface area contributed by atoms with Crippen LogP contribution >= 0.6 is 0 Å². The molecule has 7 heteroatoms. The number of nitrogens with one attached hydrogen (secondary N) is 2. The van der Waals surface area contributed by atoms with Crippen LogP contribution in [0.3, 0.4) is 0 Å². The summed E-state index contributed by atoms with van der Waals surface area (Å²) in [7, 11) is 0. The first-order valence-corrected chi connectivity index (χ1v) is 12.4. The summed E-state index contributed by atoms with van der Waals surface area (Å²) < 4.78 is 5.61. The molecule has 35 heavy (non-hydrogen) atoms. The number of carbonyl (C=O) groups excluding carboxylic acids is 2. The molecule has 1 fully saturated rings. The summed E-state index contributed by atoms with van der Waals surface area (Å²) in [5, 5.41) is 15.0. The third-order valence-electron chi connectivity index (χ3n) is 7.15. The van der Waals surface area contributed by atoms with Gasteiger partial charge in [0.2, 0.25) is 5.91 Å². The van der Waals surface area contributed by atoms with Crippen LogP contribution in [-0.2, 0) is 14.3 Å². The van der Waals surface area contributed by atoms with Crippen molar-refractivity contribution in [3.05, 3.63) is 59.7 Å². The molecule has 0 aliphatic heterocycles. The molecule has 3 N–H and O–H groups in total. The lowest BCUT2D eigenvalue weighted by atomic mass is 9.76. The number of hydrogen-bond donors (Lipinski definition) is 3. The molecule has 1 saturated carbocycles. The fourth-order valence-electron chi connectivity index (χ4n) is 5.29. The summed E-state index contributed by atoms with van der Waals surface area (Å²) in [5.41, 5.74) is 3.52. The molecule has 0 heterocycles. The Morgan fingerprint density at radius 3 is 2.14 bits per heavy atom. The molecule has 2 aromatic carbocycles. The van der Waals surface area contributed by atoms with Crippen molar-refractivity contribution in [3.8, 4) is 11.1 Å². The molecule has 0 bridgehead atoms. The number of aliphatic carboxylic acids is 1. The number of hydrogen-bond acceptors (Lipinski definition) is 4. The van der Waals surface area contributed by atoms with Gasteiger partial charge in [-0.1, -0.05) is 62.4 Å². The van der Waals surface area contributed by atoms with Crippen molar-refractivity contribution in [2.75, 3.05) is 13.2 Å². The second-order valence-corrected chi connectivity index (χ2v) is 10.2. The summed E-state index contributed by atoms with van der Waals surface area (Å²) in [4.78, 5) is 36.7. The third kappa shape index (κ3) is 5.50. The maximum Gasteiger partial charge on any atom is 0.407 e. The number of carbonyl (C=O) groups is 3. The summed E-state index contributed by atoms with van der Waals surface area (Å²) in [6.45, 7) is 4.64. The van der Waals surface area contributed by atoms with Gasteiger partial charge < -0.3 is 20.5 Å². The Morgan fingerprint density at radius 2 is 1.63 bits per heavy atom. The minimum Gasteiger partial charge on any atom is -0.480 e. The monoisotopic (exact) mass is 478 g/mol. The lowest BCUT2D eigenvalue weighted by Crippen LogP contribution is -2.59. The molecule has 0 radical (unpaired) electrons. The Labute approximate surface area is 206 Å². The summed E-state index contributed by atoms with van der Waals surface area (Å²) in [6.07, 6.45) is 2.10. The van der Waals surface area contributed by atoms with Gasteiger partial charge in [0.1, 0.15) is 12.1 Å². The largest absolute Gasteiger partial charge is 0.480 e. The van der Waals surface area contributed by atoms with Gasteiger partial charge in [-0.25, -0.2) is 9.59 Å². The van der Waals surface area contributed by atoms with Crippen LogP contribution in [0.4, 0.5) is 4.79 Å². The van der Waals surface area contributed by atoms with Crippen molar-refractivity contribution in [1.29, 1.82) is 0 Å². The molecule has 2 amide bonds. The lowest BCUT2D eigenvalue weighted by molar-refractivity contribution is -0.152. The normalized spacial score (nSPS) is 16.5. The van der Waals surface area contributed by atoms with Gasteiger partial charge in [-0.3, -0.25) is 4.79 Å². The van der Waals surface area contributed by atoms with Crippen molar-refractivity contribution in [3.63, 3.8) is 0 Å². The number of amides is 2. The summed E-state index contributed by atoms with van der Waals surface area (Å²) >= 11 is 0. The van der Waals surface area contributed by atoms with E-state index in [1.165, 1.54) is 11.1 Å². The minimum atomic E-state index is -1.13. The highest BCUT2D eigenvalue weighted by molar-refractivity contribution is 5.88. The van der Waals surface area contributed by atoms with Crippen LogP contribution in [0.25, 0.3) is 11.1 Å². The Kier molecular flexibility index (Phi) is 7.43. The van der Waals surface area contributed by atoms with Crippen LogP contribution in [0, 0.1) is 11.8 Å². The maximum atomic E-state index is 12.6. The van der Waals surface area contributed by atoms with Gasteiger partial charge in [-0.2, -0.15) is 0 Å². The molecule has 2 aliphatic carbocycles. The zero-order chi connectivity index (χ0) is 25.0. The number of carboxylic acids is 1. The molecule has 0 aromatic heterocycles. The van der Waals surface area contributed by atoms with E-state index in [2.05, 4.69) is 48.7 Å². The zero-order valence-electron chi connectivity index (χ0n) is 20.4. The quantitative estimate of drug-likeness (QED) is 0.459. The Bertz CT molecular complexity index is 1050. The molecule has 2 aliphatic rings. The predicted octanol–water partition coefficient (Wildman–Crippen LogP) is 4.70. The first-order chi connectivity index (χ1) is 16.8. The molecule has 0 saturated heterocycles. The molecule has 7 nitrogen and oxygen atoms in total. The number of carboxylic acid groups (broad SMARTS) is 1. The van der Waals surface area contributed by atoms with Gasteiger partial charge in [0.05, 0.1) is 0 Å². The Balaban J connectivity index is 1.31. The van der Waals surface area contributed by atoms with Crippen molar-refractivity contribution >= 4 is 18.0 Å². The molecular weight excluding hydrogens is 444 g/mol. The van der Waals surface area contributed by atoms with Crippen LogP contribution in [0.2, 0.25) is 0 Å². The van der Waals surface area contributed by atoms with Crippen molar-refractivity contribution in [2.45, 2.75) is 57.4 Å². The average molecular weight is 479 g/mol. The van der Waals surface area contributed by atoms with Crippen molar-refractivity contribution < 1.29 is 24.2 Å². The van der Waals surface area contributed by atoms with E-state index in [0.29, 0.717) is 25.3 Å². The highest BCUT2D eigenvalue weighted by Gasteiger charge is 2.45. The van der Waals surface area contributed by atoms with Crippen molar-refractivity contribution in [2.24, 2.45) is 11.8 Å². The predicted molar refractivity (Wildman–Crippen MR) is 133 cm³/mol. The number of ether oxygens (including phenoxy) is 1. The minimum absolute atomic E-state index is 0.0138. The standard InChI is InChI=1S/C28H34N2O5/c1-18(2)14-19(15-25(31)30-28(26(32)33)12-7-13-28)16-29-27(34)35-17-24-22-10-5-3-8-20(22)21-9-4-6-11-23(21)24/h3-6,8-11,18-19,24H,7,12-17H2,1-2H3,(H,29,34)(H,30,31)(H,32,33). The third-order valence-corrected chi connectivity index (χ3v) is 7.15. The highest BCUT2D eigenvalue weighted by Crippen LogP contribution is 2.44. The van der Waals surface area contributed by atoms with Crippen LogP contribution in [-0.4, -0.2) is 41.8 Å². The van der Waals surface area contributed by atoms with E-state index < -0.39 is 17.6 Å². The molecule has 1 atom stereocenters. The maximum absolute atomic E-state index is 12.6. The first-order valence-electron chi connectivity index (χ1n) is 12.4. The van der Waals surface area contributed by atoms with Gasteiger partial charge >= 0.3 is 12.1 Å². The van der Waals surface area contributed by atoms with Gasteiger partial charge in [0.25, 0.3) is 0 Å². The molecule has 0 spiro atoms. The second-order valence-electron chi connectivity index (χ2n) is 10.2. The van der Waals surface area contributed by atoms with E-state index in [9.17, 15) is 19.5 Å². The number of fused-ring (bicyclic) bond motifs is 3. The highest BCUT2D eigenvalue weighted by atomic mass is 16.5.